The van der Waals surface area contributed by atoms with Gasteiger partial charge in [-0.05, 0) is 30.7 Å². The van der Waals surface area contributed by atoms with E-state index in [-0.39, 0.29) is 5.91 Å². The van der Waals surface area contributed by atoms with Crippen molar-refractivity contribution in [2.75, 3.05) is 33.2 Å². The van der Waals surface area contributed by atoms with Crippen LogP contribution in [0, 0.1) is 6.92 Å². The Balaban J connectivity index is 1.97. The van der Waals surface area contributed by atoms with Gasteiger partial charge in [-0.25, -0.2) is 0 Å². The summed E-state index contributed by atoms with van der Waals surface area (Å²) in [6.45, 7) is 5.66. The highest BCUT2D eigenvalue weighted by atomic mass is 35.5. The number of benzene rings is 1. The van der Waals surface area contributed by atoms with Gasteiger partial charge in [0.25, 0.3) is 0 Å². The van der Waals surface area contributed by atoms with E-state index in [0.717, 1.165) is 37.3 Å². The minimum atomic E-state index is 0.228. The molecule has 0 saturated carbocycles. The second-order valence-corrected chi connectivity index (χ2v) is 5.52. The molecule has 1 aromatic carbocycles. The standard InChI is InChI=1S/C15H21ClN2O/c1-12-9-13(3-4-14(12)11-16)10-15(19)18-7-5-17(2)6-8-18/h3-4,9H,5-8,10-11H2,1-2H3. The van der Waals surface area contributed by atoms with Crippen molar-refractivity contribution in [2.24, 2.45) is 0 Å². The maximum absolute atomic E-state index is 12.2. The van der Waals surface area contributed by atoms with Gasteiger partial charge in [0.1, 0.15) is 0 Å². The molecule has 1 fully saturated rings. The lowest BCUT2D eigenvalue weighted by Crippen LogP contribution is -2.47. The zero-order valence-electron chi connectivity index (χ0n) is 11.7. The van der Waals surface area contributed by atoms with Crippen LogP contribution in [0.15, 0.2) is 18.2 Å². The van der Waals surface area contributed by atoms with Crippen LogP contribution in [0.25, 0.3) is 0 Å². The molecule has 0 unspecified atom stereocenters. The third kappa shape index (κ3) is 3.71. The van der Waals surface area contributed by atoms with E-state index < -0.39 is 0 Å². The van der Waals surface area contributed by atoms with Crippen LogP contribution < -0.4 is 0 Å². The smallest absolute Gasteiger partial charge is 0.227 e. The Morgan fingerprint density at radius 2 is 1.95 bits per heavy atom. The summed E-state index contributed by atoms with van der Waals surface area (Å²) in [7, 11) is 2.09. The number of nitrogens with zero attached hydrogens (tertiary/aromatic N) is 2. The monoisotopic (exact) mass is 280 g/mol. The Bertz CT molecular complexity index is 453. The third-order valence-electron chi connectivity index (χ3n) is 3.76. The molecule has 0 bridgehead atoms. The predicted octanol–water partition coefficient (Wildman–Crippen LogP) is 2.05. The molecule has 2 rings (SSSR count). The Morgan fingerprint density at radius 3 is 2.53 bits per heavy atom. The van der Waals surface area contributed by atoms with Crippen LogP contribution in [-0.2, 0) is 17.1 Å². The van der Waals surface area contributed by atoms with Crippen LogP contribution in [0.3, 0.4) is 0 Å². The van der Waals surface area contributed by atoms with Crippen LogP contribution in [-0.4, -0.2) is 48.9 Å². The molecule has 1 aliphatic heterocycles. The van der Waals surface area contributed by atoms with Gasteiger partial charge in [0.2, 0.25) is 5.91 Å². The van der Waals surface area contributed by atoms with E-state index in [1.165, 1.54) is 5.56 Å². The highest BCUT2D eigenvalue weighted by molar-refractivity contribution is 6.17. The summed E-state index contributed by atoms with van der Waals surface area (Å²) in [4.78, 5) is 16.4. The van der Waals surface area contributed by atoms with E-state index in [4.69, 9.17) is 11.6 Å². The van der Waals surface area contributed by atoms with E-state index in [0.29, 0.717) is 12.3 Å². The second kappa shape index (κ2) is 6.40. The molecule has 0 spiro atoms. The van der Waals surface area contributed by atoms with Crippen LogP contribution >= 0.6 is 11.6 Å². The Hall–Kier alpha value is -1.06. The molecule has 1 heterocycles. The Kier molecular flexibility index (Phi) is 4.83. The molecule has 1 aromatic rings. The average molecular weight is 281 g/mol. The predicted molar refractivity (Wildman–Crippen MR) is 78.5 cm³/mol. The van der Waals surface area contributed by atoms with E-state index in [1.807, 2.05) is 24.0 Å². The quantitative estimate of drug-likeness (QED) is 0.791. The van der Waals surface area contributed by atoms with Crippen molar-refractivity contribution in [3.63, 3.8) is 0 Å². The van der Waals surface area contributed by atoms with Crippen LogP contribution in [0.1, 0.15) is 16.7 Å². The molecular weight excluding hydrogens is 260 g/mol. The van der Waals surface area contributed by atoms with Crippen molar-refractivity contribution in [1.82, 2.24) is 9.80 Å². The fourth-order valence-corrected chi connectivity index (χ4v) is 2.66. The number of piperazine rings is 1. The topological polar surface area (TPSA) is 23.6 Å². The first kappa shape index (κ1) is 14.4. The molecule has 1 amide bonds. The SMILES string of the molecule is Cc1cc(CC(=O)N2CCN(C)CC2)ccc1CCl. The summed E-state index contributed by atoms with van der Waals surface area (Å²) in [5, 5.41) is 0. The molecule has 104 valence electrons. The van der Waals surface area contributed by atoms with Crippen molar-refractivity contribution >= 4 is 17.5 Å². The third-order valence-corrected chi connectivity index (χ3v) is 4.05. The number of aryl methyl sites for hydroxylation is 1. The minimum absolute atomic E-state index is 0.228. The van der Waals surface area contributed by atoms with Crippen molar-refractivity contribution in [2.45, 2.75) is 19.2 Å². The van der Waals surface area contributed by atoms with Gasteiger partial charge >= 0.3 is 0 Å². The van der Waals surface area contributed by atoms with E-state index in [1.54, 1.807) is 0 Å². The highest BCUT2D eigenvalue weighted by Gasteiger charge is 2.19. The highest BCUT2D eigenvalue weighted by Crippen LogP contribution is 2.14. The van der Waals surface area contributed by atoms with Gasteiger partial charge in [-0.1, -0.05) is 18.2 Å². The lowest BCUT2D eigenvalue weighted by atomic mass is 10.0. The number of alkyl halides is 1. The van der Waals surface area contributed by atoms with Crippen molar-refractivity contribution in [3.05, 3.63) is 34.9 Å². The number of likely N-dealkylation sites (N-methyl/N-ethyl adjacent to an activating group) is 1. The summed E-state index contributed by atoms with van der Waals surface area (Å²) >= 11 is 5.85. The molecule has 0 radical (unpaired) electrons. The Labute approximate surface area is 120 Å². The summed E-state index contributed by atoms with van der Waals surface area (Å²) in [5.41, 5.74) is 3.38. The first-order valence-electron chi connectivity index (χ1n) is 6.71. The number of hydrogen-bond donors (Lipinski definition) is 0. The molecule has 3 nitrogen and oxygen atoms in total. The summed E-state index contributed by atoms with van der Waals surface area (Å²) in [6.07, 6.45) is 0.493. The first-order valence-corrected chi connectivity index (χ1v) is 7.24. The largest absolute Gasteiger partial charge is 0.340 e. The number of amides is 1. The fourth-order valence-electron chi connectivity index (χ4n) is 2.36. The molecule has 0 aromatic heterocycles. The first-order chi connectivity index (χ1) is 9.10. The summed E-state index contributed by atoms with van der Waals surface area (Å²) < 4.78 is 0. The van der Waals surface area contributed by atoms with Gasteiger partial charge in [0.15, 0.2) is 0 Å². The molecular formula is C15H21ClN2O. The summed E-state index contributed by atoms with van der Waals surface area (Å²) in [6, 6.07) is 6.11. The van der Waals surface area contributed by atoms with Gasteiger partial charge < -0.3 is 9.80 Å². The number of carbonyl (C=O) groups is 1. The average Bonchev–Trinajstić information content (AvgIpc) is 2.39. The van der Waals surface area contributed by atoms with Crippen molar-refractivity contribution in [3.8, 4) is 0 Å². The number of hydrogen-bond acceptors (Lipinski definition) is 2. The lowest BCUT2D eigenvalue weighted by Gasteiger charge is -2.32. The van der Waals surface area contributed by atoms with Crippen molar-refractivity contribution < 1.29 is 4.79 Å². The molecule has 4 heteroatoms. The van der Waals surface area contributed by atoms with E-state index in [9.17, 15) is 4.79 Å². The molecule has 0 atom stereocenters. The zero-order valence-corrected chi connectivity index (χ0v) is 12.4. The van der Waals surface area contributed by atoms with Crippen LogP contribution in [0.5, 0.6) is 0 Å². The van der Waals surface area contributed by atoms with Crippen molar-refractivity contribution in [1.29, 1.82) is 0 Å². The number of rotatable bonds is 3. The molecule has 1 saturated heterocycles. The maximum Gasteiger partial charge on any atom is 0.227 e. The number of carbonyl (C=O) groups excluding carboxylic acids is 1. The van der Waals surface area contributed by atoms with Gasteiger partial charge in [-0.3, -0.25) is 4.79 Å². The second-order valence-electron chi connectivity index (χ2n) is 5.26. The van der Waals surface area contributed by atoms with Crippen LogP contribution in [0.2, 0.25) is 0 Å². The minimum Gasteiger partial charge on any atom is -0.340 e. The molecule has 0 aliphatic carbocycles. The molecule has 1 aliphatic rings. The van der Waals surface area contributed by atoms with Gasteiger partial charge in [-0.15, -0.1) is 11.6 Å². The fraction of sp³-hybridized carbons (Fsp3) is 0.533. The van der Waals surface area contributed by atoms with Gasteiger partial charge in [0.05, 0.1) is 6.42 Å². The van der Waals surface area contributed by atoms with Gasteiger partial charge in [-0.2, -0.15) is 0 Å². The molecule has 19 heavy (non-hydrogen) atoms. The number of halogens is 1. The maximum atomic E-state index is 12.2. The van der Waals surface area contributed by atoms with E-state index in [2.05, 4.69) is 18.0 Å². The Morgan fingerprint density at radius 1 is 1.26 bits per heavy atom. The normalized spacial score (nSPS) is 16.7. The zero-order chi connectivity index (χ0) is 13.8. The lowest BCUT2D eigenvalue weighted by molar-refractivity contribution is -0.132. The van der Waals surface area contributed by atoms with E-state index >= 15 is 0 Å². The van der Waals surface area contributed by atoms with Gasteiger partial charge in [0, 0.05) is 32.1 Å². The molecule has 0 N–H and O–H groups in total. The summed E-state index contributed by atoms with van der Waals surface area (Å²) in [5.74, 6) is 0.754. The van der Waals surface area contributed by atoms with Crippen LogP contribution in [0.4, 0.5) is 0 Å².